The van der Waals surface area contributed by atoms with E-state index in [4.69, 9.17) is 25.8 Å². The predicted molar refractivity (Wildman–Crippen MR) is 118 cm³/mol. The first-order valence-electron chi connectivity index (χ1n) is 9.64. The summed E-state index contributed by atoms with van der Waals surface area (Å²) in [4.78, 5) is 11.4. The van der Waals surface area contributed by atoms with Crippen LogP contribution in [-0.4, -0.2) is 40.7 Å². The summed E-state index contributed by atoms with van der Waals surface area (Å²) >= 11 is 6.36. The van der Waals surface area contributed by atoms with E-state index in [1.54, 1.807) is 20.3 Å². The molecule has 3 aromatic rings. The van der Waals surface area contributed by atoms with Gasteiger partial charge in [-0.1, -0.05) is 29.8 Å². The molecule has 7 nitrogen and oxygen atoms in total. The normalized spacial score (nSPS) is 11.4. The lowest BCUT2D eigenvalue weighted by atomic mass is 10.1. The molecule has 0 saturated heterocycles. The van der Waals surface area contributed by atoms with E-state index < -0.39 is 11.6 Å². The number of carbonyl (C=O) groups is 1. The van der Waals surface area contributed by atoms with E-state index in [-0.39, 0.29) is 6.61 Å². The number of methoxy groups -OCH3 is 2. The molecule has 1 heterocycles. The zero-order chi connectivity index (χ0) is 22.6. The third kappa shape index (κ3) is 5.37. The van der Waals surface area contributed by atoms with Crippen LogP contribution in [0.4, 0.5) is 0 Å². The lowest BCUT2D eigenvalue weighted by Gasteiger charge is -2.19. The monoisotopic (exact) mass is 444 g/mol. The Morgan fingerprint density at radius 1 is 1.10 bits per heavy atom. The third-order valence-corrected chi connectivity index (χ3v) is 5.22. The fourth-order valence-electron chi connectivity index (χ4n) is 2.95. The Kier molecular flexibility index (Phi) is 6.87. The number of nitrogens with zero attached hydrogens (tertiary/aromatic N) is 2. The average Bonchev–Trinajstić information content (AvgIpc) is 3.16. The van der Waals surface area contributed by atoms with Gasteiger partial charge in [0.15, 0.2) is 5.60 Å². The SMILES string of the molecule is COc1cc(OC)cc(-c2cc(COC(C)(C)C(=O)O)nn2Cc2ccccc2Cl)c1. The van der Waals surface area contributed by atoms with Crippen LogP contribution in [0, 0.1) is 0 Å². The van der Waals surface area contributed by atoms with E-state index in [0.717, 1.165) is 16.8 Å². The Hall–Kier alpha value is -3.03. The minimum atomic E-state index is -1.33. The van der Waals surface area contributed by atoms with E-state index in [2.05, 4.69) is 5.10 Å². The maximum absolute atomic E-state index is 11.4. The number of aromatic nitrogens is 2. The zero-order valence-electron chi connectivity index (χ0n) is 17.9. The molecule has 0 aliphatic heterocycles. The number of carboxylic acid groups (broad SMARTS) is 1. The molecule has 164 valence electrons. The molecule has 0 fully saturated rings. The summed E-state index contributed by atoms with van der Waals surface area (Å²) in [5, 5.41) is 14.6. The Bertz CT molecular complexity index is 1060. The molecule has 0 radical (unpaired) electrons. The fourth-order valence-corrected chi connectivity index (χ4v) is 3.15. The summed E-state index contributed by atoms with van der Waals surface area (Å²) in [6.45, 7) is 3.48. The summed E-state index contributed by atoms with van der Waals surface area (Å²) < 4.78 is 18.2. The first-order valence-corrected chi connectivity index (χ1v) is 10.0. The third-order valence-electron chi connectivity index (χ3n) is 4.85. The Morgan fingerprint density at radius 2 is 1.74 bits per heavy atom. The molecule has 0 bridgehead atoms. The molecule has 31 heavy (non-hydrogen) atoms. The van der Waals surface area contributed by atoms with Crippen molar-refractivity contribution >= 4 is 17.6 Å². The van der Waals surface area contributed by atoms with Crippen LogP contribution < -0.4 is 9.47 Å². The van der Waals surface area contributed by atoms with Crippen LogP contribution in [0.3, 0.4) is 0 Å². The van der Waals surface area contributed by atoms with Crippen molar-refractivity contribution in [2.45, 2.75) is 32.6 Å². The van der Waals surface area contributed by atoms with Gasteiger partial charge in [-0.3, -0.25) is 4.68 Å². The second-order valence-corrected chi connectivity index (χ2v) is 7.88. The molecule has 0 aliphatic carbocycles. The molecular formula is C23H25ClN2O5. The van der Waals surface area contributed by atoms with Gasteiger partial charge in [-0.25, -0.2) is 4.79 Å². The molecule has 0 atom stereocenters. The van der Waals surface area contributed by atoms with Crippen molar-refractivity contribution < 1.29 is 24.1 Å². The van der Waals surface area contributed by atoms with Crippen molar-refractivity contribution in [3.63, 3.8) is 0 Å². The molecule has 2 aromatic carbocycles. The summed E-state index contributed by atoms with van der Waals surface area (Å²) in [5.41, 5.74) is 1.80. The van der Waals surface area contributed by atoms with Crippen molar-refractivity contribution in [2.75, 3.05) is 14.2 Å². The molecule has 3 rings (SSSR count). The van der Waals surface area contributed by atoms with Crippen LogP contribution in [0.5, 0.6) is 11.5 Å². The van der Waals surface area contributed by atoms with Crippen LogP contribution in [-0.2, 0) is 22.7 Å². The predicted octanol–water partition coefficient (Wildman–Crippen LogP) is 4.65. The van der Waals surface area contributed by atoms with E-state index in [1.807, 2.05) is 47.1 Å². The standard InChI is InChI=1S/C23H25ClN2O5/c1-23(2,22(27)28)31-14-17-11-21(16-9-18(29-3)12-19(10-16)30-4)26(25-17)13-15-7-5-6-8-20(15)24/h5-12H,13-14H2,1-4H3,(H,27,28). The highest BCUT2D eigenvalue weighted by atomic mass is 35.5. The number of benzene rings is 2. The maximum atomic E-state index is 11.4. The van der Waals surface area contributed by atoms with Crippen molar-refractivity contribution in [3.8, 4) is 22.8 Å². The van der Waals surface area contributed by atoms with Gasteiger partial charge in [0.25, 0.3) is 0 Å². The van der Waals surface area contributed by atoms with Crippen molar-refractivity contribution in [1.29, 1.82) is 0 Å². The van der Waals surface area contributed by atoms with E-state index >= 15 is 0 Å². The lowest BCUT2D eigenvalue weighted by molar-refractivity contribution is -0.162. The number of aliphatic carboxylic acids is 1. The zero-order valence-corrected chi connectivity index (χ0v) is 18.6. The van der Waals surface area contributed by atoms with Crippen LogP contribution >= 0.6 is 11.6 Å². The lowest BCUT2D eigenvalue weighted by Crippen LogP contribution is -2.34. The van der Waals surface area contributed by atoms with Gasteiger partial charge in [0.1, 0.15) is 11.5 Å². The topological polar surface area (TPSA) is 82.8 Å². The quantitative estimate of drug-likeness (QED) is 0.517. The number of carboxylic acids is 1. The number of rotatable bonds is 9. The average molecular weight is 445 g/mol. The largest absolute Gasteiger partial charge is 0.497 e. The number of hydrogen-bond acceptors (Lipinski definition) is 5. The van der Waals surface area contributed by atoms with Gasteiger partial charge < -0.3 is 19.3 Å². The Balaban J connectivity index is 2.02. The Morgan fingerprint density at radius 3 is 2.32 bits per heavy atom. The molecule has 0 unspecified atom stereocenters. The molecule has 8 heteroatoms. The summed E-state index contributed by atoms with van der Waals surface area (Å²) in [5.74, 6) is 0.245. The van der Waals surface area contributed by atoms with Crippen LogP contribution in [0.1, 0.15) is 25.1 Å². The van der Waals surface area contributed by atoms with Crippen molar-refractivity contribution in [1.82, 2.24) is 9.78 Å². The maximum Gasteiger partial charge on any atom is 0.335 e. The second kappa shape index (κ2) is 9.41. The molecule has 0 aliphatic rings. The Labute approximate surface area is 186 Å². The summed E-state index contributed by atoms with van der Waals surface area (Å²) in [7, 11) is 3.18. The summed E-state index contributed by atoms with van der Waals surface area (Å²) in [6.07, 6.45) is 0. The first-order chi connectivity index (χ1) is 14.7. The fraction of sp³-hybridized carbons (Fsp3) is 0.304. The molecule has 0 saturated carbocycles. The van der Waals surface area contributed by atoms with E-state index in [0.29, 0.717) is 28.8 Å². The van der Waals surface area contributed by atoms with Crippen molar-refractivity contribution in [3.05, 3.63) is 64.8 Å². The minimum absolute atomic E-state index is 0.0446. The smallest absolute Gasteiger partial charge is 0.335 e. The molecule has 1 aromatic heterocycles. The highest BCUT2D eigenvalue weighted by Crippen LogP contribution is 2.31. The molecule has 0 amide bonds. The number of halogens is 1. The van der Waals surface area contributed by atoms with Crippen LogP contribution in [0.2, 0.25) is 5.02 Å². The molecule has 1 N–H and O–H groups in total. The molecule has 0 spiro atoms. The van der Waals surface area contributed by atoms with Crippen LogP contribution in [0.15, 0.2) is 48.5 Å². The van der Waals surface area contributed by atoms with Gasteiger partial charge in [-0.15, -0.1) is 0 Å². The first kappa shape index (κ1) is 22.7. The van der Waals surface area contributed by atoms with Crippen molar-refractivity contribution in [2.24, 2.45) is 0 Å². The number of ether oxygens (including phenoxy) is 3. The van der Waals surface area contributed by atoms with E-state index in [1.165, 1.54) is 13.8 Å². The van der Waals surface area contributed by atoms with Gasteiger partial charge in [-0.05, 0) is 43.7 Å². The summed E-state index contributed by atoms with van der Waals surface area (Å²) in [6, 6.07) is 15.0. The number of hydrogen-bond donors (Lipinski definition) is 1. The highest BCUT2D eigenvalue weighted by Gasteiger charge is 2.28. The second-order valence-electron chi connectivity index (χ2n) is 7.48. The van der Waals surface area contributed by atoms with Gasteiger partial charge in [0, 0.05) is 16.7 Å². The van der Waals surface area contributed by atoms with Gasteiger partial charge >= 0.3 is 5.97 Å². The van der Waals surface area contributed by atoms with Gasteiger partial charge in [-0.2, -0.15) is 5.10 Å². The van der Waals surface area contributed by atoms with Gasteiger partial charge in [0.2, 0.25) is 0 Å². The van der Waals surface area contributed by atoms with E-state index in [9.17, 15) is 9.90 Å². The molecular weight excluding hydrogens is 420 g/mol. The van der Waals surface area contributed by atoms with Crippen LogP contribution in [0.25, 0.3) is 11.3 Å². The van der Waals surface area contributed by atoms with Gasteiger partial charge in [0.05, 0.1) is 38.8 Å². The highest BCUT2D eigenvalue weighted by molar-refractivity contribution is 6.31. The minimum Gasteiger partial charge on any atom is -0.497 e.